The summed E-state index contributed by atoms with van der Waals surface area (Å²) in [7, 11) is 1.39. The average Bonchev–Trinajstić information content (AvgIpc) is 2.25. The van der Waals surface area contributed by atoms with Crippen molar-refractivity contribution in [2.75, 3.05) is 7.11 Å². The highest BCUT2D eigenvalue weighted by atomic mass is 16.6. The van der Waals surface area contributed by atoms with E-state index < -0.39 is 4.92 Å². The Morgan fingerprint density at radius 2 is 2.27 bits per heavy atom. The minimum atomic E-state index is -0.521. The summed E-state index contributed by atoms with van der Waals surface area (Å²) < 4.78 is 9.46. The fraction of sp³-hybridized carbons (Fsp3) is 0.222. The lowest BCUT2D eigenvalue weighted by Crippen LogP contribution is -1.97. The molecule has 0 fully saturated rings. The molecule has 0 aromatic heterocycles. The number of hydrogen-bond donors (Lipinski definition) is 0. The first-order valence-corrected chi connectivity index (χ1v) is 4.05. The van der Waals surface area contributed by atoms with Crippen molar-refractivity contribution in [3.8, 4) is 5.75 Å². The van der Waals surface area contributed by atoms with E-state index in [2.05, 4.69) is 4.74 Å². The van der Waals surface area contributed by atoms with Crippen LogP contribution >= 0.6 is 0 Å². The summed E-state index contributed by atoms with van der Waals surface area (Å²) in [4.78, 5) is 19.9. The van der Waals surface area contributed by atoms with Crippen LogP contribution in [0, 0.1) is 10.1 Å². The second-order valence-electron chi connectivity index (χ2n) is 2.66. The molecule has 15 heavy (non-hydrogen) atoms. The van der Waals surface area contributed by atoms with Crippen LogP contribution in [0.5, 0.6) is 5.75 Å². The molecule has 0 aliphatic rings. The van der Waals surface area contributed by atoms with E-state index in [-0.39, 0.29) is 12.3 Å². The first-order valence-electron chi connectivity index (χ1n) is 4.05. The van der Waals surface area contributed by atoms with Crippen molar-refractivity contribution in [2.24, 2.45) is 0 Å². The number of carbonyl (C=O) groups excluding carboxylic acids is 1. The zero-order valence-corrected chi connectivity index (χ0v) is 8.00. The van der Waals surface area contributed by atoms with Gasteiger partial charge in [0.05, 0.1) is 18.1 Å². The van der Waals surface area contributed by atoms with E-state index in [1.165, 1.54) is 25.3 Å². The molecule has 6 heteroatoms. The van der Waals surface area contributed by atoms with E-state index in [1.54, 1.807) is 0 Å². The molecule has 1 aromatic rings. The Labute approximate surface area is 85.6 Å². The zero-order valence-electron chi connectivity index (χ0n) is 8.00. The molecule has 1 rings (SSSR count). The van der Waals surface area contributed by atoms with E-state index in [4.69, 9.17) is 4.74 Å². The molecule has 1 aromatic carbocycles. The Balaban J connectivity index is 2.97. The van der Waals surface area contributed by atoms with Crippen LogP contribution in [0.3, 0.4) is 0 Å². The van der Waals surface area contributed by atoms with Gasteiger partial charge in [0.1, 0.15) is 12.4 Å². The molecule has 0 N–H and O–H groups in total. The van der Waals surface area contributed by atoms with Gasteiger partial charge in [-0.1, -0.05) is 0 Å². The van der Waals surface area contributed by atoms with Crippen LogP contribution in [-0.2, 0) is 16.1 Å². The predicted molar refractivity (Wildman–Crippen MR) is 50.5 cm³/mol. The number of benzene rings is 1. The summed E-state index contributed by atoms with van der Waals surface area (Å²) in [6.07, 6.45) is 0. The molecule has 0 aliphatic carbocycles. The van der Waals surface area contributed by atoms with Crippen molar-refractivity contribution in [3.63, 3.8) is 0 Å². The molecular weight excluding hydrogens is 202 g/mol. The second-order valence-corrected chi connectivity index (χ2v) is 2.66. The summed E-state index contributed by atoms with van der Waals surface area (Å²) >= 11 is 0. The number of rotatable bonds is 5. The van der Waals surface area contributed by atoms with Crippen molar-refractivity contribution >= 4 is 12.2 Å². The number of hydrogen-bond acceptors (Lipinski definition) is 5. The molecule has 0 heterocycles. The predicted octanol–water partition coefficient (Wildman–Crippen LogP) is 1.28. The van der Waals surface area contributed by atoms with Crippen molar-refractivity contribution in [1.82, 2.24) is 0 Å². The molecule has 0 saturated heterocycles. The van der Waals surface area contributed by atoms with Crippen LogP contribution in [0.1, 0.15) is 5.56 Å². The van der Waals surface area contributed by atoms with Gasteiger partial charge in [-0.15, -0.1) is 0 Å². The molecule has 0 radical (unpaired) electrons. The van der Waals surface area contributed by atoms with Gasteiger partial charge in [-0.05, 0) is 6.07 Å². The maximum atomic E-state index is 10.5. The maximum absolute atomic E-state index is 10.5. The molecule has 0 spiro atoms. The van der Waals surface area contributed by atoms with E-state index >= 15 is 0 Å². The fourth-order valence-corrected chi connectivity index (χ4v) is 1.09. The maximum Gasteiger partial charge on any atom is 0.293 e. The highest BCUT2D eigenvalue weighted by Gasteiger charge is 2.11. The van der Waals surface area contributed by atoms with E-state index in [0.717, 1.165) is 0 Å². The number of nitrogens with zero attached hydrogens (tertiary/aromatic N) is 1. The van der Waals surface area contributed by atoms with Gasteiger partial charge >= 0.3 is 0 Å². The number of nitro groups is 1. The SMILES string of the molecule is COc1cc([N+](=O)[O-])ccc1COC=O. The Morgan fingerprint density at radius 3 is 2.80 bits per heavy atom. The molecule has 0 saturated carbocycles. The lowest BCUT2D eigenvalue weighted by atomic mass is 10.2. The van der Waals surface area contributed by atoms with Crippen molar-refractivity contribution in [2.45, 2.75) is 6.61 Å². The standard InChI is InChI=1S/C9H9NO5/c1-14-9-4-8(10(12)13)3-2-7(9)5-15-6-11/h2-4,6H,5H2,1H3. The molecule has 0 bridgehead atoms. The van der Waals surface area contributed by atoms with Gasteiger partial charge < -0.3 is 9.47 Å². The third kappa shape index (κ3) is 2.67. The number of carbonyl (C=O) groups is 1. The zero-order chi connectivity index (χ0) is 11.3. The summed E-state index contributed by atoms with van der Waals surface area (Å²) in [5.41, 5.74) is 0.511. The molecule has 0 aliphatic heterocycles. The lowest BCUT2D eigenvalue weighted by Gasteiger charge is -2.06. The second kappa shape index (κ2) is 4.94. The Hall–Kier alpha value is -2.11. The van der Waals surface area contributed by atoms with Gasteiger partial charge in [-0.3, -0.25) is 14.9 Å². The number of nitro benzene ring substituents is 1. The third-order valence-corrected chi connectivity index (χ3v) is 1.79. The topological polar surface area (TPSA) is 78.7 Å². The van der Waals surface area contributed by atoms with Crippen LogP contribution in [0.15, 0.2) is 18.2 Å². The first kappa shape index (κ1) is 11.0. The highest BCUT2D eigenvalue weighted by Crippen LogP contribution is 2.24. The van der Waals surface area contributed by atoms with E-state index in [9.17, 15) is 14.9 Å². The molecule has 0 atom stereocenters. The van der Waals surface area contributed by atoms with Gasteiger partial charge in [0.2, 0.25) is 0 Å². The monoisotopic (exact) mass is 211 g/mol. The fourth-order valence-electron chi connectivity index (χ4n) is 1.09. The van der Waals surface area contributed by atoms with Crippen LogP contribution in [0.2, 0.25) is 0 Å². The minimum absolute atomic E-state index is 0.0324. The van der Waals surface area contributed by atoms with Crippen LogP contribution < -0.4 is 4.74 Å². The summed E-state index contributed by atoms with van der Waals surface area (Å²) in [6.45, 7) is 0.339. The molecule has 0 unspecified atom stereocenters. The van der Waals surface area contributed by atoms with Gasteiger partial charge in [0, 0.05) is 11.6 Å². The Bertz CT molecular complexity index is 377. The number of ether oxygens (including phenoxy) is 2. The van der Waals surface area contributed by atoms with Crippen LogP contribution in [0.4, 0.5) is 5.69 Å². The average molecular weight is 211 g/mol. The van der Waals surface area contributed by atoms with Crippen LogP contribution in [0.25, 0.3) is 0 Å². The quantitative estimate of drug-likeness (QED) is 0.416. The van der Waals surface area contributed by atoms with E-state index in [1.807, 2.05) is 0 Å². The molecule has 0 amide bonds. The molecular formula is C9H9NO5. The minimum Gasteiger partial charge on any atom is -0.496 e. The van der Waals surface area contributed by atoms with Crippen molar-refractivity contribution < 1.29 is 19.2 Å². The van der Waals surface area contributed by atoms with Crippen molar-refractivity contribution in [3.05, 3.63) is 33.9 Å². The first-order chi connectivity index (χ1) is 7.19. The Kier molecular flexibility index (Phi) is 3.61. The largest absolute Gasteiger partial charge is 0.496 e. The van der Waals surface area contributed by atoms with Crippen LogP contribution in [-0.4, -0.2) is 18.5 Å². The normalized spacial score (nSPS) is 9.40. The lowest BCUT2D eigenvalue weighted by molar-refractivity contribution is -0.384. The highest BCUT2D eigenvalue weighted by molar-refractivity contribution is 5.45. The number of non-ortho nitro benzene ring substituents is 1. The molecule has 6 nitrogen and oxygen atoms in total. The third-order valence-electron chi connectivity index (χ3n) is 1.79. The summed E-state index contributed by atoms with van der Waals surface area (Å²) in [5.74, 6) is 0.325. The van der Waals surface area contributed by atoms with Crippen molar-refractivity contribution in [1.29, 1.82) is 0 Å². The summed E-state index contributed by atoms with van der Waals surface area (Å²) in [6, 6.07) is 4.09. The van der Waals surface area contributed by atoms with Gasteiger partial charge in [-0.25, -0.2) is 0 Å². The molecule has 80 valence electrons. The number of methoxy groups -OCH3 is 1. The van der Waals surface area contributed by atoms with Gasteiger partial charge in [0.15, 0.2) is 0 Å². The van der Waals surface area contributed by atoms with Gasteiger partial charge in [-0.2, -0.15) is 0 Å². The Morgan fingerprint density at radius 1 is 1.53 bits per heavy atom. The summed E-state index contributed by atoms with van der Waals surface area (Å²) in [5, 5.41) is 10.5. The smallest absolute Gasteiger partial charge is 0.293 e. The van der Waals surface area contributed by atoms with Gasteiger partial charge in [0.25, 0.3) is 12.2 Å². The van der Waals surface area contributed by atoms with E-state index in [0.29, 0.717) is 17.8 Å².